The van der Waals surface area contributed by atoms with E-state index in [4.69, 9.17) is 4.18 Å². The van der Waals surface area contributed by atoms with Gasteiger partial charge in [-0.2, -0.15) is 8.42 Å². The van der Waals surface area contributed by atoms with Crippen LogP contribution in [0.1, 0.15) is 147 Å². The third-order valence-corrected chi connectivity index (χ3v) is 8.95. The first kappa shape index (κ1) is 40.1. The summed E-state index contributed by atoms with van der Waals surface area (Å²) in [4.78, 5) is 0. The van der Waals surface area contributed by atoms with Crippen LogP contribution in [0.5, 0.6) is 0 Å². The van der Waals surface area contributed by atoms with Crippen molar-refractivity contribution in [2.45, 2.75) is 158 Å². The third-order valence-electron chi connectivity index (χ3n) is 7.28. The molecule has 0 saturated heterocycles. The Labute approximate surface area is 261 Å². The molecule has 0 aliphatic heterocycles. The molecule has 0 rings (SSSR count). The highest BCUT2D eigenvalue weighted by atomic mass is 32.2. The normalized spacial score (nSPS) is 14.8. The van der Waals surface area contributed by atoms with Crippen molar-refractivity contribution in [1.82, 2.24) is 0 Å². The lowest BCUT2D eigenvalue weighted by atomic mass is 10.0. The van der Waals surface area contributed by atoms with E-state index < -0.39 is 21.5 Å². The molecule has 0 amide bonds. The van der Waals surface area contributed by atoms with Gasteiger partial charge >= 0.3 is 0 Å². The summed E-state index contributed by atoms with van der Waals surface area (Å²) in [5.74, 6) is 0. The standard InChI is InChI=1S/C38H64O3S/c1-30(2)17-12-19-33(7)21-14-22-35(9)24-16-26-37(11)29-38(41-42(39,40)32(5)6)28-27-36(10)25-15-23-34(8)20-13-18-31(3)4/h17-18,21,23-24,27,29,32,38H,12-16,19-20,22,25-26,28H2,1-11H3. The number of hydrogen-bond acceptors (Lipinski definition) is 3. The van der Waals surface area contributed by atoms with Gasteiger partial charge in [0.15, 0.2) is 0 Å². The van der Waals surface area contributed by atoms with Crippen molar-refractivity contribution in [2.24, 2.45) is 0 Å². The van der Waals surface area contributed by atoms with Gasteiger partial charge in [0, 0.05) is 0 Å². The summed E-state index contributed by atoms with van der Waals surface area (Å²) in [6.07, 6.45) is 26.3. The Morgan fingerprint density at radius 3 is 1.21 bits per heavy atom. The van der Waals surface area contributed by atoms with E-state index in [1.165, 1.54) is 39.0 Å². The summed E-state index contributed by atoms with van der Waals surface area (Å²) in [6, 6.07) is 0. The minimum absolute atomic E-state index is 0.474. The Bertz CT molecular complexity index is 1100. The topological polar surface area (TPSA) is 43.4 Å². The van der Waals surface area contributed by atoms with Crippen molar-refractivity contribution in [1.29, 1.82) is 0 Å². The fourth-order valence-corrected chi connectivity index (χ4v) is 5.06. The molecule has 0 fully saturated rings. The highest BCUT2D eigenvalue weighted by Gasteiger charge is 2.21. The number of rotatable bonds is 21. The summed E-state index contributed by atoms with van der Waals surface area (Å²) in [7, 11) is -3.60. The molecule has 1 unspecified atom stereocenters. The molecule has 0 heterocycles. The largest absolute Gasteiger partial charge is 0.270 e. The van der Waals surface area contributed by atoms with Gasteiger partial charge in [0.25, 0.3) is 10.1 Å². The van der Waals surface area contributed by atoms with Crippen LogP contribution in [0.15, 0.2) is 81.5 Å². The Kier molecular flexibility index (Phi) is 21.6. The van der Waals surface area contributed by atoms with Gasteiger partial charge in [-0.1, -0.05) is 81.5 Å². The Balaban J connectivity index is 5.07. The van der Waals surface area contributed by atoms with Crippen LogP contribution in [0.3, 0.4) is 0 Å². The minimum Gasteiger partial charge on any atom is -0.262 e. The lowest BCUT2D eigenvalue weighted by molar-refractivity contribution is 0.254. The molecule has 42 heavy (non-hydrogen) atoms. The highest BCUT2D eigenvalue weighted by Crippen LogP contribution is 2.19. The molecule has 0 aromatic rings. The summed E-state index contributed by atoms with van der Waals surface area (Å²) in [5.41, 5.74) is 9.49. The van der Waals surface area contributed by atoms with Gasteiger partial charge in [-0.05, 0) is 147 Å². The fourth-order valence-electron chi connectivity index (χ4n) is 4.36. The number of allylic oxidation sites excluding steroid dienone is 12. The van der Waals surface area contributed by atoms with Crippen molar-refractivity contribution < 1.29 is 12.6 Å². The summed E-state index contributed by atoms with van der Waals surface area (Å²) < 4.78 is 30.8. The van der Waals surface area contributed by atoms with E-state index >= 15 is 0 Å². The molecule has 3 nitrogen and oxygen atoms in total. The molecule has 0 N–H and O–H groups in total. The van der Waals surface area contributed by atoms with E-state index in [2.05, 4.69) is 98.8 Å². The minimum atomic E-state index is -3.60. The summed E-state index contributed by atoms with van der Waals surface area (Å²) in [5, 5.41) is -0.561. The van der Waals surface area contributed by atoms with Crippen molar-refractivity contribution in [3.8, 4) is 0 Å². The first-order valence-corrected chi connectivity index (χ1v) is 17.6. The molecule has 0 aliphatic rings. The summed E-state index contributed by atoms with van der Waals surface area (Å²) in [6.45, 7) is 22.8. The van der Waals surface area contributed by atoms with E-state index in [1.807, 2.05) is 6.08 Å². The molecule has 1 atom stereocenters. The van der Waals surface area contributed by atoms with Crippen LogP contribution in [0.25, 0.3) is 0 Å². The zero-order valence-electron chi connectivity index (χ0n) is 29.1. The lowest BCUT2D eigenvalue weighted by Crippen LogP contribution is -2.23. The molecule has 4 heteroatoms. The maximum atomic E-state index is 12.6. The van der Waals surface area contributed by atoms with Crippen LogP contribution < -0.4 is 0 Å². The van der Waals surface area contributed by atoms with E-state index in [1.54, 1.807) is 13.8 Å². The molecule has 0 saturated carbocycles. The smallest absolute Gasteiger partial charge is 0.262 e. The van der Waals surface area contributed by atoms with Crippen molar-refractivity contribution >= 4 is 10.1 Å². The molecule has 0 aromatic heterocycles. The average Bonchev–Trinajstić information content (AvgIpc) is 2.86. The maximum absolute atomic E-state index is 12.6. The Morgan fingerprint density at radius 2 is 0.857 bits per heavy atom. The van der Waals surface area contributed by atoms with Crippen LogP contribution in [0.2, 0.25) is 0 Å². The Hall–Kier alpha value is -1.91. The molecule has 0 radical (unpaired) electrons. The second-order valence-corrected chi connectivity index (χ2v) is 15.0. The van der Waals surface area contributed by atoms with E-state index in [9.17, 15) is 8.42 Å². The molecule has 0 bridgehead atoms. The zero-order chi connectivity index (χ0) is 32.1. The van der Waals surface area contributed by atoms with E-state index in [0.717, 1.165) is 64.2 Å². The second kappa shape index (κ2) is 22.6. The number of hydrogen-bond donors (Lipinski definition) is 0. The van der Waals surface area contributed by atoms with Crippen LogP contribution in [-0.2, 0) is 14.3 Å². The second-order valence-electron chi connectivity index (χ2n) is 12.9. The fraction of sp³-hybridized carbons (Fsp3) is 0.632. The van der Waals surface area contributed by atoms with Gasteiger partial charge < -0.3 is 0 Å². The van der Waals surface area contributed by atoms with Crippen molar-refractivity contribution in [3.63, 3.8) is 0 Å². The first-order valence-electron chi connectivity index (χ1n) is 16.1. The van der Waals surface area contributed by atoms with Gasteiger partial charge in [0.05, 0.1) is 11.4 Å². The molecule has 0 spiro atoms. The zero-order valence-corrected chi connectivity index (χ0v) is 29.9. The maximum Gasteiger partial charge on any atom is 0.270 e. The van der Waals surface area contributed by atoms with Crippen LogP contribution in [0, 0.1) is 0 Å². The van der Waals surface area contributed by atoms with Gasteiger partial charge in [0.2, 0.25) is 0 Å². The van der Waals surface area contributed by atoms with Gasteiger partial charge in [-0.3, -0.25) is 4.18 Å². The predicted molar refractivity (Wildman–Crippen MR) is 187 cm³/mol. The van der Waals surface area contributed by atoms with Crippen LogP contribution in [-0.4, -0.2) is 19.8 Å². The third kappa shape index (κ3) is 22.7. The van der Waals surface area contributed by atoms with Crippen molar-refractivity contribution in [2.75, 3.05) is 0 Å². The van der Waals surface area contributed by atoms with Crippen molar-refractivity contribution in [3.05, 3.63) is 81.5 Å². The van der Waals surface area contributed by atoms with E-state index in [-0.39, 0.29) is 0 Å². The van der Waals surface area contributed by atoms with Gasteiger partial charge in [-0.15, -0.1) is 0 Å². The molecule has 0 aromatic carbocycles. The Morgan fingerprint density at radius 1 is 0.524 bits per heavy atom. The molecule has 0 aliphatic carbocycles. The average molecular weight is 601 g/mol. The lowest BCUT2D eigenvalue weighted by Gasteiger charge is -2.16. The predicted octanol–water partition coefficient (Wildman–Crippen LogP) is 12.1. The highest BCUT2D eigenvalue weighted by molar-refractivity contribution is 7.87. The van der Waals surface area contributed by atoms with E-state index in [0.29, 0.717) is 6.42 Å². The monoisotopic (exact) mass is 600 g/mol. The molecule has 240 valence electrons. The summed E-state index contributed by atoms with van der Waals surface area (Å²) >= 11 is 0. The molecular weight excluding hydrogens is 536 g/mol. The quantitative estimate of drug-likeness (QED) is 0.0972. The van der Waals surface area contributed by atoms with Gasteiger partial charge in [-0.25, -0.2) is 0 Å². The molecular formula is C38H64O3S. The van der Waals surface area contributed by atoms with Crippen LogP contribution >= 0.6 is 0 Å². The van der Waals surface area contributed by atoms with Crippen LogP contribution in [0.4, 0.5) is 0 Å². The van der Waals surface area contributed by atoms with Gasteiger partial charge in [0.1, 0.15) is 0 Å². The first-order chi connectivity index (χ1) is 19.6. The SMILES string of the molecule is CC(C)=CCCC(C)=CCCC(C)=CCCC(C)=CC(CC=C(C)CCC=C(C)CCC=C(C)C)OS(=O)(=O)C(C)C.